The second-order valence-electron chi connectivity index (χ2n) is 3.69. The van der Waals surface area contributed by atoms with Crippen molar-refractivity contribution in [3.8, 4) is 0 Å². The second-order valence-corrected chi connectivity index (χ2v) is 5.36. The molecule has 2 aromatic rings. The highest BCUT2D eigenvalue weighted by Gasteiger charge is 2.06. The van der Waals surface area contributed by atoms with E-state index in [1.165, 1.54) is 0 Å². The topological polar surface area (TPSA) is 42.0 Å². The van der Waals surface area contributed by atoms with Crippen molar-refractivity contribution in [3.05, 3.63) is 57.2 Å². The van der Waals surface area contributed by atoms with Crippen molar-refractivity contribution in [2.75, 3.05) is 5.32 Å². The summed E-state index contributed by atoms with van der Waals surface area (Å²) in [5.41, 5.74) is 1.65. The highest BCUT2D eigenvalue weighted by Crippen LogP contribution is 2.18. The molecule has 0 aliphatic rings. The average Bonchev–Trinajstić information content (AvgIpc) is 2.35. The molecule has 0 aliphatic carbocycles. The van der Waals surface area contributed by atoms with Gasteiger partial charge in [0.1, 0.15) is 4.60 Å². The van der Waals surface area contributed by atoms with E-state index < -0.39 is 0 Å². The number of halogens is 2. The van der Waals surface area contributed by atoms with Gasteiger partial charge in [0.05, 0.1) is 12.1 Å². The first-order valence-corrected chi connectivity index (χ1v) is 6.88. The Balaban J connectivity index is 2.01. The van der Waals surface area contributed by atoms with Crippen molar-refractivity contribution in [3.63, 3.8) is 0 Å². The van der Waals surface area contributed by atoms with Gasteiger partial charge < -0.3 is 5.32 Å². The summed E-state index contributed by atoms with van der Waals surface area (Å²) in [5, 5.41) is 2.81. The summed E-state index contributed by atoms with van der Waals surface area (Å²) in [4.78, 5) is 15.9. The number of aromatic nitrogens is 1. The number of hydrogen-bond acceptors (Lipinski definition) is 2. The van der Waals surface area contributed by atoms with Crippen molar-refractivity contribution in [1.82, 2.24) is 4.98 Å². The molecule has 0 fully saturated rings. The summed E-state index contributed by atoms with van der Waals surface area (Å²) in [5.74, 6) is -0.0639. The van der Waals surface area contributed by atoms with Crippen molar-refractivity contribution in [2.24, 2.45) is 0 Å². The van der Waals surface area contributed by atoms with Crippen LogP contribution in [0.25, 0.3) is 0 Å². The number of hydrogen-bond donors (Lipinski definition) is 1. The lowest BCUT2D eigenvalue weighted by atomic mass is 10.1. The number of nitrogens with one attached hydrogen (secondary N) is 1. The Kier molecular flexibility index (Phi) is 4.49. The third-order valence-electron chi connectivity index (χ3n) is 2.31. The van der Waals surface area contributed by atoms with Crippen molar-refractivity contribution in [1.29, 1.82) is 0 Å². The molecule has 3 nitrogen and oxygen atoms in total. The van der Waals surface area contributed by atoms with Gasteiger partial charge in [0.25, 0.3) is 0 Å². The highest BCUT2D eigenvalue weighted by molar-refractivity contribution is 9.10. The predicted molar refractivity (Wildman–Crippen MR) is 78.4 cm³/mol. The molecule has 5 heteroatoms. The molecule has 1 N–H and O–H groups in total. The van der Waals surface area contributed by atoms with Crippen LogP contribution in [0, 0.1) is 0 Å². The van der Waals surface area contributed by atoms with Crippen LogP contribution >= 0.6 is 31.9 Å². The fourth-order valence-corrected chi connectivity index (χ4v) is 2.08. The molecule has 1 aromatic carbocycles. The van der Waals surface area contributed by atoms with Crippen molar-refractivity contribution >= 4 is 43.5 Å². The van der Waals surface area contributed by atoms with E-state index in [1.807, 2.05) is 24.3 Å². The molecule has 0 atom stereocenters. The van der Waals surface area contributed by atoms with Gasteiger partial charge in [-0.1, -0.05) is 28.1 Å². The molecule has 18 heavy (non-hydrogen) atoms. The first kappa shape index (κ1) is 13.2. The number of carbonyl (C=O) groups excluding carboxylic acids is 1. The molecule has 1 aromatic heterocycles. The van der Waals surface area contributed by atoms with Gasteiger partial charge in [-0.2, -0.15) is 0 Å². The van der Waals surface area contributed by atoms with Crippen LogP contribution in [0.4, 0.5) is 5.69 Å². The Morgan fingerprint density at radius 3 is 2.56 bits per heavy atom. The first-order valence-electron chi connectivity index (χ1n) is 5.30. The molecule has 0 radical (unpaired) electrons. The smallest absolute Gasteiger partial charge is 0.228 e. The molecular weight excluding hydrogens is 360 g/mol. The summed E-state index contributed by atoms with van der Waals surface area (Å²) >= 11 is 6.65. The van der Waals surface area contributed by atoms with E-state index in [0.29, 0.717) is 16.7 Å². The van der Waals surface area contributed by atoms with Gasteiger partial charge in [0, 0.05) is 10.7 Å². The van der Waals surface area contributed by atoms with Crippen LogP contribution in [0.2, 0.25) is 0 Å². The zero-order valence-electron chi connectivity index (χ0n) is 9.36. The lowest BCUT2D eigenvalue weighted by Gasteiger charge is -2.06. The normalized spacial score (nSPS) is 10.1. The lowest BCUT2D eigenvalue weighted by molar-refractivity contribution is -0.115. The molecule has 0 saturated heterocycles. The SMILES string of the molecule is O=C(Cc1ccc(Br)cc1)Nc1cccnc1Br. The number of rotatable bonds is 3. The number of benzene rings is 1. The fourth-order valence-electron chi connectivity index (χ4n) is 1.46. The minimum atomic E-state index is -0.0639. The molecule has 0 aliphatic heterocycles. The summed E-state index contributed by atoms with van der Waals surface area (Å²) in [6.07, 6.45) is 2.00. The number of nitrogens with zero attached hydrogens (tertiary/aromatic N) is 1. The van der Waals surface area contributed by atoms with Crippen LogP contribution < -0.4 is 5.32 Å². The standard InChI is InChI=1S/C13H10Br2N2O/c14-10-5-3-9(4-6-10)8-12(18)17-11-2-1-7-16-13(11)15/h1-7H,8H2,(H,17,18). The monoisotopic (exact) mass is 368 g/mol. The second kappa shape index (κ2) is 6.11. The number of carbonyl (C=O) groups is 1. The van der Waals surface area contributed by atoms with Crippen LogP contribution in [-0.4, -0.2) is 10.9 Å². The van der Waals surface area contributed by atoms with Crippen molar-refractivity contribution in [2.45, 2.75) is 6.42 Å². The van der Waals surface area contributed by atoms with Gasteiger partial charge in [0.2, 0.25) is 5.91 Å². The largest absolute Gasteiger partial charge is 0.323 e. The molecule has 1 amide bonds. The maximum atomic E-state index is 11.8. The van der Waals surface area contributed by atoms with E-state index in [2.05, 4.69) is 42.2 Å². The van der Waals surface area contributed by atoms with Gasteiger partial charge in [0.15, 0.2) is 0 Å². The molecule has 92 valence electrons. The summed E-state index contributed by atoms with van der Waals surface area (Å²) in [6.45, 7) is 0. The fraction of sp³-hybridized carbons (Fsp3) is 0.0769. The average molecular weight is 370 g/mol. The summed E-state index contributed by atoms with van der Waals surface area (Å²) < 4.78 is 1.64. The lowest BCUT2D eigenvalue weighted by Crippen LogP contribution is -2.14. The van der Waals surface area contributed by atoms with E-state index in [9.17, 15) is 4.79 Å². The Morgan fingerprint density at radius 2 is 1.89 bits per heavy atom. The number of amides is 1. The molecular formula is C13H10Br2N2O. The Labute approximate surface area is 122 Å². The van der Waals surface area contributed by atoms with E-state index in [1.54, 1.807) is 18.3 Å². The quantitative estimate of drug-likeness (QED) is 0.836. The third-order valence-corrected chi connectivity index (χ3v) is 3.47. The zero-order valence-corrected chi connectivity index (χ0v) is 12.5. The van der Waals surface area contributed by atoms with E-state index in [0.717, 1.165) is 10.0 Å². The summed E-state index contributed by atoms with van der Waals surface area (Å²) in [6, 6.07) is 11.3. The maximum absolute atomic E-state index is 11.8. The van der Waals surface area contributed by atoms with Gasteiger partial charge in [-0.05, 0) is 45.8 Å². The highest BCUT2D eigenvalue weighted by atomic mass is 79.9. The number of anilines is 1. The van der Waals surface area contributed by atoms with Gasteiger partial charge >= 0.3 is 0 Å². The van der Waals surface area contributed by atoms with Crippen LogP contribution in [0.3, 0.4) is 0 Å². The molecule has 0 unspecified atom stereocenters. The maximum Gasteiger partial charge on any atom is 0.228 e. The number of pyridine rings is 1. The molecule has 0 saturated carbocycles. The van der Waals surface area contributed by atoms with Gasteiger partial charge in [-0.15, -0.1) is 0 Å². The minimum absolute atomic E-state index is 0.0639. The third kappa shape index (κ3) is 3.65. The zero-order chi connectivity index (χ0) is 13.0. The van der Waals surface area contributed by atoms with Crippen LogP contribution in [0.1, 0.15) is 5.56 Å². The Morgan fingerprint density at radius 1 is 1.17 bits per heavy atom. The molecule has 2 rings (SSSR count). The predicted octanol–water partition coefficient (Wildman–Crippen LogP) is 3.79. The van der Waals surface area contributed by atoms with Crippen LogP contribution in [-0.2, 0) is 11.2 Å². The minimum Gasteiger partial charge on any atom is -0.323 e. The van der Waals surface area contributed by atoms with E-state index >= 15 is 0 Å². The summed E-state index contributed by atoms with van der Waals surface area (Å²) in [7, 11) is 0. The van der Waals surface area contributed by atoms with Gasteiger partial charge in [-0.3, -0.25) is 4.79 Å². The van der Waals surface area contributed by atoms with Crippen molar-refractivity contribution < 1.29 is 4.79 Å². The van der Waals surface area contributed by atoms with E-state index in [-0.39, 0.29) is 5.91 Å². The molecule has 0 spiro atoms. The van der Waals surface area contributed by atoms with Gasteiger partial charge in [-0.25, -0.2) is 4.98 Å². The van der Waals surface area contributed by atoms with Crippen LogP contribution in [0.15, 0.2) is 51.7 Å². The first-order chi connectivity index (χ1) is 8.65. The Bertz CT molecular complexity index is 555. The van der Waals surface area contributed by atoms with E-state index in [4.69, 9.17) is 0 Å². The molecule has 1 heterocycles. The molecule has 0 bridgehead atoms. The Hall–Kier alpha value is -1.20. The van der Waals surface area contributed by atoms with Crippen LogP contribution in [0.5, 0.6) is 0 Å².